The van der Waals surface area contributed by atoms with Gasteiger partial charge in [-0.2, -0.15) is 5.26 Å². The Morgan fingerprint density at radius 1 is 1.02 bits per heavy atom. The Balaban J connectivity index is 1.40. The first-order valence-electron chi connectivity index (χ1n) is 22.4. The normalized spacial score (nSPS) is 29.3. The summed E-state index contributed by atoms with van der Waals surface area (Å²) in [5.41, 5.74) is 7.17. The fourth-order valence-electron chi connectivity index (χ4n) is 11.2. The second-order valence-electron chi connectivity index (χ2n) is 19.7. The minimum absolute atomic E-state index is 0.0325. The molecule has 2 saturated heterocycles. The van der Waals surface area contributed by atoms with E-state index in [1.807, 2.05) is 53.8 Å². The molecule has 1 spiro atoms. The van der Waals surface area contributed by atoms with E-state index in [2.05, 4.69) is 42.3 Å². The number of likely N-dealkylation sites (N-methyl/N-ethyl adjacent to an activating group) is 1. The lowest BCUT2D eigenvalue weighted by Gasteiger charge is -2.62. The highest BCUT2D eigenvalue weighted by molar-refractivity contribution is 6.02. The number of hydrogen-bond acceptors (Lipinski definition) is 13. The number of ketones is 1. The van der Waals surface area contributed by atoms with Gasteiger partial charge < -0.3 is 44.5 Å². The van der Waals surface area contributed by atoms with Gasteiger partial charge in [0.15, 0.2) is 22.7 Å². The molecule has 8 aliphatic rings. The van der Waals surface area contributed by atoms with E-state index in [-0.39, 0.29) is 35.3 Å². The average molecular weight is 876 g/mol. The molecule has 3 aliphatic carbocycles. The summed E-state index contributed by atoms with van der Waals surface area (Å²) in [5.74, 6) is -2.91. The van der Waals surface area contributed by atoms with Gasteiger partial charge in [-0.1, -0.05) is 29.4 Å². The molecular weight excluding hydrogens is 815 g/mol. The summed E-state index contributed by atoms with van der Waals surface area (Å²) in [6.07, 6.45) is 11.3. The number of ether oxygens (including phenoxy) is 5. The van der Waals surface area contributed by atoms with Crippen molar-refractivity contribution >= 4 is 35.4 Å². The first-order chi connectivity index (χ1) is 30.2. The van der Waals surface area contributed by atoms with E-state index >= 15 is 4.79 Å². The largest absolute Gasteiger partial charge is 0.482 e. The van der Waals surface area contributed by atoms with Crippen LogP contribution in [0.1, 0.15) is 104 Å². The number of hydrogen-bond donors (Lipinski definition) is 2. The van der Waals surface area contributed by atoms with Crippen molar-refractivity contribution in [3.8, 4) is 23.3 Å². The van der Waals surface area contributed by atoms with Crippen LogP contribution in [0.15, 0.2) is 58.0 Å². The predicted molar refractivity (Wildman–Crippen MR) is 239 cm³/mol. The van der Waals surface area contributed by atoms with Crippen LogP contribution in [0.3, 0.4) is 0 Å². The zero-order valence-electron chi connectivity index (χ0n) is 38.8. The summed E-state index contributed by atoms with van der Waals surface area (Å²) < 4.78 is 33.5. The van der Waals surface area contributed by atoms with Gasteiger partial charge in [0.2, 0.25) is 5.91 Å². The van der Waals surface area contributed by atoms with Crippen molar-refractivity contribution in [2.45, 2.75) is 116 Å². The van der Waals surface area contributed by atoms with Crippen LogP contribution in [0, 0.1) is 29.1 Å². The molecule has 6 unspecified atom stereocenters. The first-order valence-corrected chi connectivity index (χ1v) is 22.4. The topological polar surface area (TPSA) is 183 Å². The number of nitrogens with zero attached hydrogens (tertiary/aromatic N) is 3. The van der Waals surface area contributed by atoms with Crippen LogP contribution in [0.5, 0.6) is 17.2 Å². The van der Waals surface area contributed by atoms with Crippen LogP contribution in [0.25, 0.3) is 11.8 Å². The molecule has 5 aliphatic heterocycles. The molecule has 14 heteroatoms. The number of piperazine rings is 1. The highest BCUT2D eigenvalue weighted by atomic mass is 16.6. The number of carbonyl (C=O) groups is 4. The maximum absolute atomic E-state index is 15.4. The molecule has 1 amide bonds. The van der Waals surface area contributed by atoms with Crippen molar-refractivity contribution in [2.24, 2.45) is 23.5 Å². The van der Waals surface area contributed by atoms with Crippen LogP contribution in [0.4, 0.5) is 0 Å². The number of nitrogens with two attached hydrogens (primary N) is 1. The number of carbonyl (C=O) groups excluding carboxylic acids is 4. The zero-order chi connectivity index (χ0) is 46.3. The lowest BCUT2D eigenvalue weighted by molar-refractivity contribution is -0.181. The van der Waals surface area contributed by atoms with Crippen molar-refractivity contribution < 1.29 is 42.9 Å². The predicted octanol–water partition coefficient (Wildman–Crippen LogP) is 6.21. The lowest BCUT2D eigenvalue weighted by atomic mass is 9.45. The van der Waals surface area contributed by atoms with E-state index < -0.39 is 58.5 Å². The molecule has 64 heavy (non-hydrogen) atoms. The van der Waals surface area contributed by atoms with E-state index in [0.717, 1.165) is 12.0 Å². The Labute approximate surface area is 375 Å². The molecule has 1 aromatic rings. The number of methoxy groups -OCH3 is 1. The van der Waals surface area contributed by atoms with Gasteiger partial charge >= 0.3 is 11.9 Å². The van der Waals surface area contributed by atoms with Gasteiger partial charge in [-0.05, 0) is 100 Å². The monoisotopic (exact) mass is 875 g/mol. The SMILES string of the molecule is COC(=O)/C(C)=C\CC12OC(C)(C)C3CC(C1=O)C1C(C#N)=C(N)NC4=C1C32Oc1c(CC=C(C)C)c2c(c(OC(=O)CC(=O)N3CCN(C)CC3)c14)C=CC(C)(CCC=C(C)C)O2. The minimum atomic E-state index is -1.67. The average Bonchev–Trinajstić information content (AvgIpc) is 3.37. The van der Waals surface area contributed by atoms with Crippen molar-refractivity contribution in [1.29, 1.82) is 5.26 Å². The van der Waals surface area contributed by atoms with Crippen LogP contribution >= 0.6 is 0 Å². The molecule has 4 bridgehead atoms. The second-order valence-corrected chi connectivity index (χ2v) is 19.7. The number of amides is 1. The standard InChI is InChI=1S/C50H61N5O9/c1-27(2)12-11-17-48(8)18-16-31-41(62-48)30(14-13-28(3)4)43-38(42(31)61-36(57)25-35(56)55-22-20-54(9)21-23-55)40-39-37(33(26-51)45(52)53-40)32-24-34-47(6,7)64-49(44(32)58,50(34,39)63-43)19-15-29(5)46(59)60-10/h12-13,15-16,18,32,34,37,53H,11,14,17,19-25,52H2,1-10H3/b29-15-. The third kappa shape index (κ3) is 6.97. The number of nitrogens with one attached hydrogen (secondary N) is 1. The Morgan fingerprint density at radius 2 is 1.72 bits per heavy atom. The summed E-state index contributed by atoms with van der Waals surface area (Å²) in [6, 6.07) is 2.32. The number of allylic oxidation sites excluding steroid dienone is 5. The van der Waals surface area contributed by atoms with Crippen molar-refractivity contribution in [3.05, 3.63) is 74.7 Å². The summed E-state index contributed by atoms with van der Waals surface area (Å²) in [5, 5.41) is 14.1. The lowest BCUT2D eigenvalue weighted by Crippen LogP contribution is -2.75. The molecule has 3 N–H and O–H groups in total. The summed E-state index contributed by atoms with van der Waals surface area (Å²) in [7, 11) is 3.30. The quantitative estimate of drug-likeness (QED) is 0.0843. The second kappa shape index (κ2) is 16.1. The molecule has 340 valence electrons. The molecule has 9 rings (SSSR count). The first kappa shape index (κ1) is 44.9. The van der Waals surface area contributed by atoms with Gasteiger partial charge in [-0.3, -0.25) is 14.4 Å². The van der Waals surface area contributed by atoms with Gasteiger partial charge in [-0.25, -0.2) is 4.79 Å². The van der Waals surface area contributed by atoms with E-state index in [1.54, 1.807) is 17.9 Å². The van der Waals surface area contributed by atoms with Crippen LogP contribution in [-0.2, 0) is 35.1 Å². The number of dihydropyridines is 1. The summed E-state index contributed by atoms with van der Waals surface area (Å²) >= 11 is 0. The Hall–Kier alpha value is -5.65. The Bertz CT molecular complexity index is 2470. The minimum Gasteiger partial charge on any atom is -0.482 e. The number of esters is 2. The van der Waals surface area contributed by atoms with Gasteiger partial charge in [-0.15, -0.1) is 0 Å². The maximum atomic E-state index is 15.4. The number of rotatable bonds is 11. The number of Topliss-reactive ketones (excluding diaryl/α,β-unsaturated/α-hetero) is 1. The van der Waals surface area contributed by atoms with E-state index in [0.29, 0.717) is 90.5 Å². The number of nitriles is 1. The zero-order valence-corrected chi connectivity index (χ0v) is 38.8. The fraction of sp³-hybridized carbons (Fsp3) is 0.540. The van der Waals surface area contributed by atoms with Gasteiger partial charge in [0, 0.05) is 67.1 Å². The van der Waals surface area contributed by atoms with Crippen molar-refractivity contribution in [3.63, 3.8) is 0 Å². The third-order valence-electron chi connectivity index (χ3n) is 14.4. The highest BCUT2D eigenvalue weighted by Crippen LogP contribution is 2.73. The Kier molecular flexibility index (Phi) is 11.3. The molecule has 1 aromatic carbocycles. The molecule has 6 atom stereocenters. The van der Waals surface area contributed by atoms with E-state index in [4.69, 9.17) is 29.4 Å². The van der Waals surface area contributed by atoms with Crippen LogP contribution < -0.4 is 25.3 Å². The number of fused-ring (bicyclic) bond motifs is 3. The summed E-state index contributed by atoms with van der Waals surface area (Å²) in [6.45, 7) is 18.0. The Morgan fingerprint density at radius 3 is 2.38 bits per heavy atom. The van der Waals surface area contributed by atoms with Crippen molar-refractivity contribution in [2.75, 3.05) is 40.3 Å². The molecule has 0 aromatic heterocycles. The molecule has 5 heterocycles. The molecule has 3 saturated carbocycles. The number of benzene rings is 1. The van der Waals surface area contributed by atoms with Crippen LogP contribution in [0.2, 0.25) is 0 Å². The van der Waals surface area contributed by atoms with Crippen LogP contribution in [-0.4, -0.2) is 96.2 Å². The molecular formula is C50H61N5O9. The van der Waals surface area contributed by atoms with E-state index in [9.17, 15) is 19.6 Å². The van der Waals surface area contributed by atoms with Gasteiger partial charge in [0.05, 0.1) is 41.2 Å². The van der Waals surface area contributed by atoms with Gasteiger partial charge in [0.25, 0.3) is 0 Å². The molecule has 5 fully saturated rings. The van der Waals surface area contributed by atoms with E-state index in [1.165, 1.54) is 12.7 Å². The molecule has 14 nitrogen and oxygen atoms in total. The molecule has 0 radical (unpaired) electrons. The maximum Gasteiger partial charge on any atom is 0.333 e. The smallest absolute Gasteiger partial charge is 0.333 e. The summed E-state index contributed by atoms with van der Waals surface area (Å²) in [4.78, 5) is 60.0. The third-order valence-corrected chi connectivity index (χ3v) is 14.4. The highest BCUT2D eigenvalue weighted by Gasteiger charge is 2.84. The fourth-order valence-corrected chi connectivity index (χ4v) is 11.2. The van der Waals surface area contributed by atoms with Crippen molar-refractivity contribution in [1.82, 2.24) is 15.1 Å². The van der Waals surface area contributed by atoms with Gasteiger partial charge in [0.1, 0.15) is 29.3 Å².